The normalized spacial score (nSPS) is 17.9. The van der Waals surface area contributed by atoms with Gasteiger partial charge in [0.1, 0.15) is 5.52 Å². The molecule has 2 aliphatic rings. The highest BCUT2D eigenvalue weighted by Crippen LogP contribution is 2.34. The van der Waals surface area contributed by atoms with Gasteiger partial charge in [-0.1, -0.05) is 25.4 Å². The molecule has 2 saturated heterocycles. The molecule has 0 bridgehead atoms. The highest BCUT2D eigenvalue weighted by Gasteiger charge is 2.24. The monoisotopic (exact) mass is 544 g/mol. The van der Waals surface area contributed by atoms with E-state index in [1.54, 1.807) is 0 Å². The molecule has 11 heteroatoms. The number of hydrogen-bond donors (Lipinski definition) is 1. The van der Waals surface area contributed by atoms with E-state index in [0.29, 0.717) is 33.9 Å². The molecule has 9 nitrogen and oxygen atoms in total. The van der Waals surface area contributed by atoms with Gasteiger partial charge in [-0.05, 0) is 45.9 Å². The van der Waals surface area contributed by atoms with Crippen molar-refractivity contribution in [2.24, 2.45) is 5.92 Å². The highest BCUT2D eigenvalue weighted by atomic mass is 35.5. The molecule has 0 radical (unpaired) electrons. The molecule has 0 saturated carbocycles. The number of nitrogen functional groups attached to an aromatic ring is 1. The molecule has 206 valence electrons. The van der Waals surface area contributed by atoms with Gasteiger partial charge in [0.15, 0.2) is 5.82 Å². The fraction of sp³-hybridized carbons (Fsp3) is 0.556. The van der Waals surface area contributed by atoms with Crippen molar-refractivity contribution >= 4 is 34.5 Å². The lowest BCUT2D eigenvalue weighted by Gasteiger charge is -2.34. The fourth-order valence-corrected chi connectivity index (χ4v) is 4.64. The Balaban J connectivity index is 0.000000339. The Kier molecular flexibility index (Phi) is 10.6. The number of halogens is 2. The molecule has 4 heterocycles. The van der Waals surface area contributed by atoms with E-state index >= 15 is 4.39 Å². The lowest BCUT2D eigenvalue weighted by Crippen LogP contribution is -2.45. The highest BCUT2D eigenvalue weighted by molar-refractivity contribution is 6.33. The van der Waals surface area contributed by atoms with Crippen LogP contribution in [0.5, 0.6) is 0 Å². The second-order valence-corrected chi connectivity index (χ2v) is 9.87. The summed E-state index contributed by atoms with van der Waals surface area (Å²) >= 11 is 6.24. The first-order valence-corrected chi connectivity index (χ1v) is 13.6. The fourth-order valence-electron chi connectivity index (χ4n) is 4.44. The van der Waals surface area contributed by atoms with Crippen LogP contribution in [-0.2, 0) is 4.74 Å². The van der Waals surface area contributed by atoms with Crippen LogP contribution in [0.1, 0.15) is 46.6 Å². The first kappa shape index (κ1) is 29.6. The minimum absolute atomic E-state index is 0.0930. The predicted molar refractivity (Wildman–Crippen MR) is 151 cm³/mol. The standard InChI is InChI=1S/C19H23ClFN7.C6H9NO.C2H6/c1-11(2)28-15-9-12(16-13(20)10-23-18(22)24-16)8-14(21)17(15)25-19(28)27-6-4-26(3)5-7-27;7-4-6-2-1-3-8-5-6;1-2/h8-11H,4-7H2,1-3H3,(H2,22,23,24);6H,1-3,5H2;1-2H3. The summed E-state index contributed by atoms with van der Waals surface area (Å²) in [7, 11) is 2.10. The van der Waals surface area contributed by atoms with Crippen molar-refractivity contribution in [3.63, 3.8) is 0 Å². The van der Waals surface area contributed by atoms with E-state index in [0.717, 1.165) is 51.6 Å². The van der Waals surface area contributed by atoms with Gasteiger partial charge in [-0.3, -0.25) is 0 Å². The number of nitrogens with zero attached hydrogens (tertiary/aromatic N) is 7. The lowest BCUT2D eigenvalue weighted by molar-refractivity contribution is 0.0733. The Hall–Kier alpha value is -3.00. The number of benzene rings is 1. The zero-order valence-electron chi connectivity index (χ0n) is 22.9. The first-order chi connectivity index (χ1) is 18.3. The molecular formula is C27H38ClFN8O. The summed E-state index contributed by atoms with van der Waals surface area (Å²) in [6.07, 6.45) is 3.51. The average Bonchev–Trinajstić information content (AvgIpc) is 3.33. The second-order valence-electron chi connectivity index (χ2n) is 9.46. The smallest absolute Gasteiger partial charge is 0.220 e. The molecule has 0 amide bonds. The number of anilines is 2. The third-order valence-corrected chi connectivity index (χ3v) is 6.69. The van der Waals surface area contributed by atoms with E-state index < -0.39 is 5.82 Å². The molecule has 1 aromatic carbocycles. The number of rotatable bonds is 3. The number of imidazole rings is 1. The van der Waals surface area contributed by atoms with Crippen molar-refractivity contribution in [1.29, 1.82) is 5.26 Å². The molecule has 0 spiro atoms. The van der Waals surface area contributed by atoms with Crippen LogP contribution in [0.25, 0.3) is 22.3 Å². The number of ether oxygens (including phenoxy) is 1. The van der Waals surface area contributed by atoms with Gasteiger partial charge in [-0.2, -0.15) is 5.26 Å². The number of fused-ring (bicyclic) bond motifs is 1. The maximum atomic E-state index is 15.0. The van der Waals surface area contributed by atoms with Crippen LogP contribution in [-0.4, -0.2) is 70.9 Å². The maximum absolute atomic E-state index is 15.0. The summed E-state index contributed by atoms with van der Waals surface area (Å²) < 4.78 is 22.2. The molecule has 1 unspecified atom stereocenters. The van der Waals surface area contributed by atoms with Gasteiger partial charge in [0, 0.05) is 44.4 Å². The summed E-state index contributed by atoms with van der Waals surface area (Å²) in [5.74, 6) is 0.650. The van der Waals surface area contributed by atoms with E-state index in [4.69, 9.17) is 27.3 Å². The van der Waals surface area contributed by atoms with Crippen LogP contribution >= 0.6 is 11.6 Å². The quantitative estimate of drug-likeness (QED) is 0.481. The predicted octanol–water partition coefficient (Wildman–Crippen LogP) is 5.16. The summed E-state index contributed by atoms with van der Waals surface area (Å²) in [6.45, 7) is 13.2. The van der Waals surface area contributed by atoms with Gasteiger partial charge in [0.25, 0.3) is 0 Å². The van der Waals surface area contributed by atoms with Crippen LogP contribution in [0.4, 0.5) is 16.3 Å². The SMILES string of the molecule is CC.CC(C)n1c(N2CCN(C)CC2)nc2c(F)cc(-c3nc(N)ncc3Cl)cc21.N#CC1CCCOC1. The molecule has 0 aliphatic carbocycles. The summed E-state index contributed by atoms with van der Waals surface area (Å²) in [6, 6.07) is 5.57. The Morgan fingerprint density at radius 3 is 2.47 bits per heavy atom. The number of piperazine rings is 1. The zero-order chi connectivity index (χ0) is 27.8. The molecule has 2 fully saturated rings. The van der Waals surface area contributed by atoms with Crippen molar-refractivity contribution in [1.82, 2.24) is 24.4 Å². The molecule has 5 rings (SSSR count). The number of nitrogens with two attached hydrogens (primary N) is 1. The van der Waals surface area contributed by atoms with Gasteiger partial charge in [-0.25, -0.2) is 19.3 Å². The first-order valence-electron chi connectivity index (χ1n) is 13.2. The molecule has 1 atom stereocenters. The number of aromatic nitrogens is 4. The van der Waals surface area contributed by atoms with Crippen molar-refractivity contribution in [2.45, 2.75) is 46.6 Å². The third kappa shape index (κ3) is 6.90. The van der Waals surface area contributed by atoms with Crippen molar-refractivity contribution in [3.05, 3.63) is 29.2 Å². The topological polar surface area (TPSA) is 109 Å². The van der Waals surface area contributed by atoms with E-state index in [-0.39, 0.29) is 17.9 Å². The minimum Gasteiger partial charge on any atom is -0.380 e. The summed E-state index contributed by atoms with van der Waals surface area (Å²) in [4.78, 5) is 17.2. The van der Waals surface area contributed by atoms with E-state index in [1.165, 1.54) is 12.3 Å². The Morgan fingerprint density at radius 2 is 1.89 bits per heavy atom. The Bertz CT molecular complexity index is 1240. The number of nitriles is 1. The minimum atomic E-state index is -0.407. The molecule has 2 aromatic heterocycles. The number of hydrogen-bond acceptors (Lipinski definition) is 8. The summed E-state index contributed by atoms with van der Waals surface area (Å²) in [5.41, 5.74) is 7.73. The van der Waals surface area contributed by atoms with Gasteiger partial charge >= 0.3 is 0 Å². The summed E-state index contributed by atoms with van der Waals surface area (Å²) in [5, 5.41) is 8.68. The molecule has 2 aliphatic heterocycles. The Morgan fingerprint density at radius 1 is 1.18 bits per heavy atom. The van der Waals surface area contributed by atoms with Crippen molar-refractivity contribution < 1.29 is 9.13 Å². The Labute approximate surface area is 229 Å². The van der Waals surface area contributed by atoms with Gasteiger partial charge in [-0.15, -0.1) is 0 Å². The van der Waals surface area contributed by atoms with Crippen LogP contribution in [0.2, 0.25) is 5.02 Å². The largest absolute Gasteiger partial charge is 0.380 e. The van der Waals surface area contributed by atoms with Crippen LogP contribution in [0.3, 0.4) is 0 Å². The zero-order valence-corrected chi connectivity index (χ0v) is 23.7. The van der Waals surface area contributed by atoms with E-state index in [2.05, 4.69) is 56.3 Å². The van der Waals surface area contributed by atoms with Crippen LogP contribution < -0.4 is 10.6 Å². The molecular weight excluding hydrogens is 507 g/mol. The van der Waals surface area contributed by atoms with Gasteiger partial charge in [0.05, 0.1) is 41.0 Å². The lowest BCUT2D eigenvalue weighted by atomic mass is 10.1. The third-order valence-electron chi connectivity index (χ3n) is 6.41. The van der Waals surface area contributed by atoms with Crippen LogP contribution in [0, 0.1) is 23.1 Å². The van der Waals surface area contributed by atoms with E-state index in [1.807, 2.05) is 19.9 Å². The molecule has 2 N–H and O–H groups in total. The molecule has 38 heavy (non-hydrogen) atoms. The van der Waals surface area contributed by atoms with E-state index in [9.17, 15) is 0 Å². The van der Waals surface area contributed by atoms with Crippen molar-refractivity contribution in [2.75, 3.05) is 57.1 Å². The van der Waals surface area contributed by atoms with Crippen molar-refractivity contribution in [3.8, 4) is 17.3 Å². The molecule has 3 aromatic rings. The maximum Gasteiger partial charge on any atom is 0.220 e. The average molecular weight is 545 g/mol. The van der Waals surface area contributed by atoms with Gasteiger partial charge < -0.3 is 24.8 Å². The van der Waals surface area contributed by atoms with Crippen LogP contribution in [0.15, 0.2) is 18.3 Å². The number of likely N-dealkylation sites (N-methyl/N-ethyl adjacent to an activating group) is 1. The second kappa shape index (κ2) is 13.7. The van der Waals surface area contributed by atoms with Gasteiger partial charge in [0.2, 0.25) is 11.9 Å².